The highest BCUT2D eigenvalue weighted by molar-refractivity contribution is 7.99. The highest BCUT2D eigenvalue weighted by Crippen LogP contribution is 2.18. The molecule has 16 heavy (non-hydrogen) atoms. The Morgan fingerprint density at radius 1 is 1.44 bits per heavy atom. The number of carbonyl (C=O) groups is 2. The number of amides is 1. The minimum atomic E-state index is -0.903. The van der Waals surface area contributed by atoms with Crippen LogP contribution in [0.1, 0.15) is 19.3 Å². The van der Waals surface area contributed by atoms with E-state index in [-0.39, 0.29) is 5.91 Å². The number of nitrogens with two attached hydrogens (primary N) is 1. The summed E-state index contributed by atoms with van der Waals surface area (Å²) in [4.78, 5) is 24.3. The van der Waals surface area contributed by atoms with Gasteiger partial charge in [0.2, 0.25) is 5.91 Å². The van der Waals surface area contributed by atoms with E-state index in [2.05, 4.69) is 0 Å². The van der Waals surface area contributed by atoms with E-state index >= 15 is 0 Å². The van der Waals surface area contributed by atoms with Crippen LogP contribution in [0.15, 0.2) is 0 Å². The molecular weight excluding hydrogens is 228 g/mol. The van der Waals surface area contributed by atoms with E-state index in [1.54, 1.807) is 11.8 Å². The second-order valence-corrected chi connectivity index (χ2v) is 4.91. The number of rotatable bonds is 5. The number of hydrogen-bond acceptors (Lipinski definition) is 4. The predicted octanol–water partition coefficient (Wildman–Crippen LogP) is 0.144. The summed E-state index contributed by atoms with van der Waals surface area (Å²) >= 11 is 1.59. The Kier molecular flexibility index (Phi) is 5.62. The standard InChI is InChI=1S/C10H18N2O3S/c11-4-2-1-3-9(13)12-5-6-16-7-8(12)10(14)15/h8H,1-7,11H2,(H,14,15). The van der Waals surface area contributed by atoms with Crippen molar-refractivity contribution >= 4 is 23.6 Å². The van der Waals surface area contributed by atoms with Gasteiger partial charge in [0.1, 0.15) is 6.04 Å². The van der Waals surface area contributed by atoms with Crippen LogP contribution in [0.4, 0.5) is 0 Å². The summed E-state index contributed by atoms with van der Waals surface area (Å²) in [6.07, 6.45) is 1.96. The van der Waals surface area contributed by atoms with Gasteiger partial charge in [-0.3, -0.25) is 4.79 Å². The van der Waals surface area contributed by atoms with E-state index in [4.69, 9.17) is 10.8 Å². The van der Waals surface area contributed by atoms with Crippen molar-refractivity contribution in [3.05, 3.63) is 0 Å². The highest BCUT2D eigenvalue weighted by atomic mass is 32.2. The number of unbranched alkanes of at least 4 members (excludes halogenated alkanes) is 1. The lowest BCUT2D eigenvalue weighted by Crippen LogP contribution is -2.50. The zero-order valence-corrected chi connectivity index (χ0v) is 10.0. The number of hydrogen-bond donors (Lipinski definition) is 2. The Balaban J connectivity index is 2.47. The summed E-state index contributed by atoms with van der Waals surface area (Å²) in [7, 11) is 0. The topological polar surface area (TPSA) is 83.6 Å². The quantitative estimate of drug-likeness (QED) is 0.674. The second-order valence-electron chi connectivity index (χ2n) is 3.76. The lowest BCUT2D eigenvalue weighted by atomic mass is 10.2. The molecule has 0 aromatic carbocycles. The zero-order valence-electron chi connectivity index (χ0n) is 9.22. The summed E-state index contributed by atoms with van der Waals surface area (Å²) in [5.74, 6) is 0.366. The molecule has 5 nitrogen and oxygen atoms in total. The average Bonchev–Trinajstić information content (AvgIpc) is 2.29. The van der Waals surface area contributed by atoms with Crippen LogP contribution in [0.2, 0.25) is 0 Å². The maximum absolute atomic E-state index is 11.8. The molecule has 1 fully saturated rings. The van der Waals surface area contributed by atoms with E-state index in [1.807, 2.05) is 0 Å². The van der Waals surface area contributed by atoms with Crippen molar-refractivity contribution in [1.82, 2.24) is 4.90 Å². The Labute approximate surface area is 99.4 Å². The maximum atomic E-state index is 11.8. The normalized spacial score (nSPS) is 20.8. The molecule has 0 aliphatic carbocycles. The summed E-state index contributed by atoms with van der Waals surface area (Å²) in [5.41, 5.74) is 5.35. The van der Waals surface area contributed by atoms with Gasteiger partial charge in [0, 0.05) is 24.5 Å². The van der Waals surface area contributed by atoms with Gasteiger partial charge < -0.3 is 15.7 Å². The van der Waals surface area contributed by atoms with E-state index < -0.39 is 12.0 Å². The molecule has 1 rings (SSSR count). The van der Waals surface area contributed by atoms with E-state index in [9.17, 15) is 9.59 Å². The van der Waals surface area contributed by atoms with E-state index in [0.717, 1.165) is 18.6 Å². The lowest BCUT2D eigenvalue weighted by molar-refractivity contribution is -0.149. The van der Waals surface area contributed by atoms with Crippen molar-refractivity contribution in [2.45, 2.75) is 25.3 Å². The lowest BCUT2D eigenvalue weighted by Gasteiger charge is -2.32. The third-order valence-electron chi connectivity index (χ3n) is 2.58. The number of carboxylic acids is 1. The molecule has 1 aliphatic rings. The molecule has 6 heteroatoms. The molecule has 1 heterocycles. The number of carboxylic acid groups (broad SMARTS) is 1. The third kappa shape index (κ3) is 3.68. The minimum absolute atomic E-state index is 0.0545. The fraction of sp³-hybridized carbons (Fsp3) is 0.800. The van der Waals surface area contributed by atoms with Crippen LogP contribution in [0.3, 0.4) is 0 Å². The molecule has 92 valence electrons. The Morgan fingerprint density at radius 2 is 2.19 bits per heavy atom. The Bertz CT molecular complexity index is 260. The molecule has 1 atom stereocenters. The van der Waals surface area contributed by atoms with Crippen molar-refractivity contribution < 1.29 is 14.7 Å². The fourth-order valence-corrected chi connectivity index (χ4v) is 2.71. The molecular formula is C10H18N2O3S. The maximum Gasteiger partial charge on any atom is 0.327 e. The molecule has 0 aromatic heterocycles. The van der Waals surface area contributed by atoms with Gasteiger partial charge in [0.05, 0.1) is 0 Å². The van der Waals surface area contributed by atoms with Crippen LogP contribution >= 0.6 is 11.8 Å². The van der Waals surface area contributed by atoms with Gasteiger partial charge in [-0.05, 0) is 19.4 Å². The van der Waals surface area contributed by atoms with Crippen LogP contribution in [0, 0.1) is 0 Å². The van der Waals surface area contributed by atoms with Crippen LogP contribution in [-0.4, -0.2) is 52.5 Å². The van der Waals surface area contributed by atoms with Crippen LogP contribution in [0.25, 0.3) is 0 Å². The van der Waals surface area contributed by atoms with Gasteiger partial charge in [-0.25, -0.2) is 4.79 Å². The predicted molar refractivity (Wildman–Crippen MR) is 63.4 cm³/mol. The summed E-state index contributed by atoms with van der Waals surface area (Å²) in [5, 5.41) is 9.00. The highest BCUT2D eigenvalue weighted by Gasteiger charge is 2.31. The number of carbonyl (C=O) groups excluding carboxylic acids is 1. The van der Waals surface area contributed by atoms with Gasteiger partial charge in [-0.15, -0.1) is 0 Å². The molecule has 1 unspecified atom stereocenters. The van der Waals surface area contributed by atoms with E-state index in [0.29, 0.717) is 25.3 Å². The first-order valence-electron chi connectivity index (χ1n) is 5.47. The van der Waals surface area contributed by atoms with Gasteiger partial charge in [0.25, 0.3) is 0 Å². The molecule has 0 aromatic rings. The second kappa shape index (κ2) is 6.75. The molecule has 0 saturated carbocycles. The van der Waals surface area contributed by atoms with Crippen molar-refractivity contribution in [2.24, 2.45) is 5.73 Å². The van der Waals surface area contributed by atoms with Gasteiger partial charge in [-0.2, -0.15) is 11.8 Å². The van der Waals surface area contributed by atoms with Crippen molar-refractivity contribution in [1.29, 1.82) is 0 Å². The average molecular weight is 246 g/mol. The van der Waals surface area contributed by atoms with Crippen molar-refractivity contribution in [3.8, 4) is 0 Å². The van der Waals surface area contributed by atoms with Gasteiger partial charge in [-0.1, -0.05) is 0 Å². The first-order valence-corrected chi connectivity index (χ1v) is 6.62. The fourth-order valence-electron chi connectivity index (χ4n) is 1.67. The number of aliphatic carboxylic acids is 1. The van der Waals surface area contributed by atoms with Gasteiger partial charge >= 0.3 is 5.97 Å². The largest absolute Gasteiger partial charge is 0.480 e. The Hall–Kier alpha value is -0.750. The summed E-state index contributed by atoms with van der Waals surface area (Å²) in [6.45, 7) is 1.12. The van der Waals surface area contributed by atoms with E-state index in [1.165, 1.54) is 4.90 Å². The summed E-state index contributed by atoms with van der Waals surface area (Å²) < 4.78 is 0. The molecule has 1 amide bonds. The van der Waals surface area contributed by atoms with Crippen molar-refractivity contribution in [2.75, 3.05) is 24.6 Å². The minimum Gasteiger partial charge on any atom is -0.480 e. The monoisotopic (exact) mass is 246 g/mol. The number of thioether (sulfide) groups is 1. The first-order chi connectivity index (χ1) is 7.66. The SMILES string of the molecule is NCCCCC(=O)N1CCSCC1C(=O)O. The molecule has 0 bridgehead atoms. The molecule has 1 saturated heterocycles. The first kappa shape index (κ1) is 13.3. The molecule has 1 aliphatic heterocycles. The smallest absolute Gasteiger partial charge is 0.327 e. The summed E-state index contributed by atoms with van der Waals surface area (Å²) in [6, 6.07) is -0.649. The number of nitrogens with zero attached hydrogens (tertiary/aromatic N) is 1. The van der Waals surface area contributed by atoms with Crippen LogP contribution < -0.4 is 5.73 Å². The van der Waals surface area contributed by atoms with Crippen LogP contribution in [0.5, 0.6) is 0 Å². The van der Waals surface area contributed by atoms with Gasteiger partial charge in [0.15, 0.2) is 0 Å². The molecule has 0 spiro atoms. The zero-order chi connectivity index (χ0) is 12.0. The van der Waals surface area contributed by atoms with Crippen molar-refractivity contribution in [3.63, 3.8) is 0 Å². The van der Waals surface area contributed by atoms with Crippen LogP contribution in [-0.2, 0) is 9.59 Å². The molecule has 3 N–H and O–H groups in total. The Morgan fingerprint density at radius 3 is 2.81 bits per heavy atom. The third-order valence-corrected chi connectivity index (χ3v) is 3.60. The molecule has 0 radical (unpaired) electrons.